The SMILES string of the molecule is O=C(CCCCC1SCC2NC(=O)NC21)NCCCOCCOCCOCCCNC(=O)c1ccc(N=NCc2ccc(C(=O)C(=O)n3c(O)ccc3O)cc2)cn1. The van der Waals surface area contributed by atoms with Crippen LogP contribution in [-0.2, 0) is 25.5 Å². The summed E-state index contributed by atoms with van der Waals surface area (Å²) in [7, 11) is 0. The van der Waals surface area contributed by atoms with Gasteiger partial charge in [-0.1, -0.05) is 30.7 Å². The van der Waals surface area contributed by atoms with Crippen LogP contribution in [0.2, 0.25) is 0 Å². The Morgan fingerprint density at radius 1 is 0.828 bits per heavy atom. The minimum atomic E-state index is -1.09. The molecular weight excluding hydrogens is 773 g/mol. The highest BCUT2D eigenvalue weighted by Gasteiger charge is 2.42. The van der Waals surface area contributed by atoms with E-state index in [2.05, 4.69) is 36.5 Å². The first-order valence-electron chi connectivity index (χ1n) is 19.3. The molecule has 6 N–H and O–H groups in total. The fourth-order valence-corrected chi connectivity index (χ4v) is 7.71. The van der Waals surface area contributed by atoms with Crippen LogP contribution in [0.5, 0.6) is 11.8 Å². The van der Waals surface area contributed by atoms with Crippen LogP contribution >= 0.6 is 11.8 Å². The number of aromatic nitrogens is 2. The third-order valence-corrected chi connectivity index (χ3v) is 10.7. The summed E-state index contributed by atoms with van der Waals surface area (Å²) in [6.07, 6.45) is 6.07. The predicted octanol–water partition coefficient (Wildman–Crippen LogP) is 3.50. The molecule has 0 saturated carbocycles. The molecule has 19 heteroatoms. The van der Waals surface area contributed by atoms with E-state index >= 15 is 0 Å². The molecular formula is C39H50N8O10S. The van der Waals surface area contributed by atoms with E-state index in [9.17, 15) is 34.2 Å². The molecule has 18 nitrogen and oxygen atoms in total. The van der Waals surface area contributed by atoms with Crippen LogP contribution in [0.15, 0.2) is 65.0 Å². The Morgan fingerprint density at radius 2 is 1.50 bits per heavy atom. The first-order valence-corrected chi connectivity index (χ1v) is 20.3. The van der Waals surface area contributed by atoms with Crippen LogP contribution in [0, 0.1) is 0 Å². The van der Waals surface area contributed by atoms with Crippen molar-refractivity contribution in [3.05, 3.63) is 71.5 Å². The molecule has 2 fully saturated rings. The van der Waals surface area contributed by atoms with Gasteiger partial charge in [0.05, 0.1) is 51.3 Å². The van der Waals surface area contributed by atoms with Crippen LogP contribution in [0.1, 0.15) is 69.7 Å². The number of fused-ring (bicyclic) bond motifs is 1. The number of Topliss-reactive ketones (excluding diaryl/α,β-unsaturated/α-hetero) is 1. The third-order valence-electron chi connectivity index (χ3n) is 9.24. The van der Waals surface area contributed by atoms with Crippen molar-refractivity contribution in [2.75, 3.05) is 58.5 Å². The highest BCUT2D eigenvalue weighted by molar-refractivity contribution is 8.00. The van der Waals surface area contributed by atoms with Crippen molar-refractivity contribution >= 4 is 47.0 Å². The molecule has 4 amide bonds. The third kappa shape index (κ3) is 13.6. The lowest BCUT2D eigenvalue weighted by Gasteiger charge is -2.16. The summed E-state index contributed by atoms with van der Waals surface area (Å²) in [5.41, 5.74) is 1.47. The van der Waals surface area contributed by atoms with Gasteiger partial charge in [-0.05, 0) is 43.4 Å². The number of ether oxygens (including phenoxy) is 3. The number of hydrogen-bond acceptors (Lipinski definition) is 14. The zero-order valence-corrected chi connectivity index (χ0v) is 32.9. The number of pyridine rings is 1. The summed E-state index contributed by atoms with van der Waals surface area (Å²) >= 11 is 1.89. The number of aromatic hydroxyl groups is 2. The Kier molecular flexibility index (Phi) is 17.5. The number of carbonyl (C=O) groups is 5. The molecule has 3 aromatic rings. The van der Waals surface area contributed by atoms with Gasteiger partial charge in [0.15, 0.2) is 0 Å². The van der Waals surface area contributed by atoms with E-state index in [1.807, 2.05) is 11.8 Å². The Morgan fingerprint density at radius 3 is 2.17 bits per heavy atom. The molecule has 5 rings (SSSR count). The van der Waals surface area contributed by atoms with Crippen LogP contribution in [-0.4, -0.2) is 125 Å². The van der Waals surface area contributed by atoms with Crippen LogP contribution < -0.4 is 21.3 Å². The number of thioether (sulfide) groups is 1. The van der Waals surface area contributed by atoms with Crippen molar-refractivity contribution in [1.82, 2.24) is 30.8 Å². The number of ketones is 1. The van der Waals surface area contributed by atoms with E-state index in [1.165, 1.54) is 18.3 Å². The van der Waals surface area contributed by atoms with E-state index in [1.54, 1.807) is 24.3 Å². The summed E-state index contributed by atoms with van der Waals surface area (Å²) in [6, 6.07) is 11.8. The maximum Gasteiger partial charge on any atom is 0.315 e. The zero-order chi connectivity index (χ0) is 41.1. The van der Waals surface area contributed by atoms with E-state index < -0.39 is 23.5 Å². The Balaban J connectivity index is 0.804. The van der Waals surface area contributed by atoms with Gasteiger partial charge in [0.25, 0.3) is 11.7 Å². The van der Waals surface area contributed by atoms with Gasteiger partial charge >= 0.3 is 11.9 Å². The summed E-state index contributed by atoms with van der Waals surface area (Å²) in [6.45, 7) is 3.90. The number of rotatable bonds is 25. The average Bonchev–Trinajstić information content (AvgIpc) is 3.90. The molecule has 0 radical (unpaired) electrons. The van der Waals surface area contributed by atoms with Crippen LogP contribution in [0.25, 0.3) is 0 Å². The maximum atomic E-state index is 12.5. The molecule has 2 aliphatic heterocycles. The molecule has 2 aromatic heterocycles. The topological polar surface area (TPSA) is 244 Å². The molecule has 4 heterocycles. The summed E-state index contributed by atoms with van der Waals surface area (Å²) < 4.78 is 17.2. The van der Waals surface area contributed by atoms with Gasteiger partial charge in [-0.2, -0.15) is 22.0 Å². The lowest BCUT2D eigenvalue weighted by atomic mass is 10.0. The molecule has 2 aliphatic rings. The number of urea groups is 1. The molecule has 0 aliphatic carbocycles. The second kappa shape index (κ2) is 23.1. The maximum absolute atomic E-state index is 12.5. The van der Waals surface area contributed by atoms with Crippen LogP contribution in [0.3, 0.4) is 0 Å². The Hall–Kier alpha value is -5.37. The zero-order valence-electron chi connectivity index (χ0n) is 32.1. The van der Waals surface area contributed by atoms with Gasteiger partial charge in [0.1, 0.15) is 11.4 Å². The Bertz CT molecular complexity index is 1840. The predicted molar refractivity (Wildman–Crippen MR) is 213 cm³/mol. The molecule has 3 unspecified atom stereocenters. The van der Waals surface area contributed by atoms with E-state index in [-0.39, 0.29) is 47.7 Å². The van der Waals surface area contributed by atoms with Gasteiger partial charge in [-0.25, -0.2) is 14.3 Å². The Labute approximate surface area is 339 Å². The number of carbonyl (C=O) groups excluding carboxylic acids is 5. The monoisotopic (exact) mass is 822 g/mol. The molecule has 1 aromatic carbocycles. The minimum absolute atomic E-state index is 0.0538. The van der Waals surface area contributed by atoms with E-state index in [4.69, 9.17) is 14.2 Å². The number of azo groups is 1. The van der Waals surface area contributed by atoms with Gasteiger partial charge in [-0.15, -0.1) is 0 Å². The largest absolute Gasteiger partial charge is 0.494 e. The van der Waals surface area contributed by atoms with Crippen molar-refractivity contribution in [3.63, 3.8) is 0 Å². The molecule has 3 atom stereocenters. The average molecular weight is 823 g/mol. The number of benzene rings is 1. The van der Waals surface area contributed by atoms with Crippen LogP contribution in [0.4, 0.5) is 10.5 Å². The van der Waals surface area contributed by atoms with Crippen molar-refractivity contribution < 1.29 is 48.4 Å². The fourth-order valence-electron chi connectivity index (χ4n) is 6.16. The molecule has 0 spiro atoms. The number of amides is 4. The number of nitrogens with one attached hydrogen (secondary N) is 4. The summed E-state index contributed by atoms with van der Waals surface area (Å²) in [5, 5.41) is 39.7. The van der Waals surface area contributed by atoms with Gasteiger partial charge in [0.2, 0.25) is 17.7 Å². The van der Waals surface area contributed by atoms with E-state index in [0.717, 1.165) is 43.6 Å². The number of unbranched alkanes of at least 4 members (excludes halogenated alkanes) is 1. The standard InChI is InChI=1S/C39H50N8O10S/c48-32(6-2-1-5-31-35-30(25-58-31)44-39(54)45-35)40-15-3-17-55-19-21-57-22-20-56-18-4-16-41-37(52)29-12-11-28(24-42-29)46-43-23-26-7-9-27(10-8-26)36(51)38(53)47-33(49)13-14-34(47)50/h7-14,24,30-31,35,49-50H,1-6,15-23,25H2,(H,40,48)(H,41,52)(H2,44,45,54). The first-order chi connectivity index (χ1) is 28.2. The second-order valence-corrected chi connectivity index (χ2v) is 14.8. The van der Waals surface area contributed by atoms with Crippen molar-refractivity contribution in [2.45, 2.75) is 62.4 Å². The fraction of sp³-hybridized carbons (Fsp3) is 0.487. The normalized spacial score (nSPS) is 17.2. The highest BCUT2D eigenvalue weighted by atomic mass is 32.2. The smallest absolute Gasteiger partial charge is 0.315 e. The highest BCUT2D eigenvalue weighted by Crippen LogP contribution is 2.33. The van der Waals surface area contributed by atoms with Gasteiger partial charge in [0, 0.05) is 61.4 Å². The van der Waals surface area contributed by atoms with Crippen molar-refractivity contribution in [2.24, 2.45) is 10.2 Å². The summed E-state index contributed by atoms with van der Waals surface area (Å²) in [5.74, 6) is -2.40. The number of hydrogen-bond donors (Lipinski definition) is 6. The quantitative estimate of drug-likeness (QED) is 0.0237. The van der Waals surface area contributed by atoms with Crippen molar-refractivity contribution in [1.29, 1.82) is 0 Å². The van der Waals surface area contributed by atoms with Gasteiger partial charge < -0.3 is 45.7 Å². The second-order valence-electron chi connectivity index (χ2n) is 13.5. The first kappa shape index (κ1) is 43.7. The number of nitrogens with zero attached hydrogens (tertiary/aromatic N) is 4. The van der Waals surface area contributed by atoms with E-state index in [0.29, 0.717) is 86.6 Å². The lowest BCUT2D eigenvalue weighted by Crippen LogP contribution is -2.36. The molecule has 2 saturated heterocycles. The molecule has 312 valence electrons. The minimum Gasteiger partial charge on any atom is -0.494 e. The van der Waals surface area contributed by atoms with Crippen molar-refractivity contribution in [3.8, 4) is 11.8 Å². The lowest BCUT2D eigenvalue weighted by molar-refractivity contribution is -0.121. The molecule has 58 heavy (non-hydrogen) atoms. The summed E-state index contributed by atoms with van der Waals surface area (Å²) in [4.78, 5) is 65.0. The molecule has 0 bridgehead atoms. The van der Waals surface area contributed by atoms with Gasteiger partial charge in [-0.3, -0.25) is 19.2 Å².